The van der Waals surface area contributed by atoms with Gasteiger partial charge in [-0.2, -0.15) is 4.98 Å². The van der Waals surface area contributed by atoms with Crippen molar-refractivity contribution in [1.29, 1.82) is 0 Å². The van der Waals surface area contributed by atoms with Gasteiger partial charge < -0.3 is 13.7 Å². The maximum absolute atomic E-state index is 5.89. The molecule has 4 aromatic rings. The molecule has 0 saturated carbocycles. The smallest absolute Gasteiger partial charge is 0.238 e. The quantitative estimate of drug-likeness (QED) is 0.525. The summed E-state index contributed by atoms with van der Waals surface area (Å²) in [5, 5.41) is 13.7. The van der Waals surface area contributed by atoms with Crippen LogP contribution in [0.2, 0.25) is 0 Å². The van der Waals surface area contributed by atoms with E-state index in [1.54, 1.807) is 7.11 Å². The normalized spacial score (nSPS) is 16.6. The largest absolute Gasteiger partial charge is 0.453 e. The molecule has 0 aliphatic heterocycles. The molecule has 28 heavy (non-hydrogen) atoms. The number of rotatable bonds is 5. The van der Waals surface area contributed by atoms with Crippen molar-refractivity contribution in [3.8, 4) is 11.6 Å². The van der Waals surface area contributed by atoms with Crippen molar-refractivity contribution in [2.45, 2.75) is 38.6 Å². The summed E-state index contributed by atoms with van der Waals surface area (Å²) >= 11 is 0. The first-order valence-corrected chi connectivity index (χ1v) is 9.45. The van der Waals surface area contributed by atoms with Crippen molar-refractivity contribution in [3.05, 3.63) is 47.1 Å². The monoisotopic (exact) mass is 379 g/mol. The van der Waals surface area contributed by atoms with Crippen LogP contribution in [0.15, 0.2) is 33.2 Å². The molecule has 1 atom stereocenters. The van der Waals surface area contributed by atoms with E-state index in [1.807, 2.05) is 22.9 Å². The van der Waals surface area contributed by atoms with Gasteiger partial charge in [0.2, 0.25) is 11.7 Å². The van der Waals surface area contributed by atoms with Crippen molar-refractivity contribution in [2.24, 2.45) is 0 Å². The van der Waals surface area contributed by atoms with E-state index >= 15 is 0 Å². The molecule has 0 spiro atoms. The Morgan fingerprint density at radius 2 is 2.21 bits per heavy atom. The zero-order chi connectivity index (χ0) is 19.1. The van der Waals surface area contributed by atoms with Crippen LogP contribution in [-0.2, 0) is 24.1 Å². The number of ether oxygens (including phenoxy) is 1. The van der Waals surface area contributed by atoms with Crippen LogP contribution < -0.4 is 0 Å². The molecule has 0 radical (unpaired) electrons. The topological polar surface area (TPSA) is 92.0 Å². The van der Waals surface area contributed by atoms with Gasteiger partial charge in [0.1, 0.15) is 5.58 Å². The summed E-state index contributed by atoms with van der Waals surface area (Å²) < 4.78 is 18.6. The SMILES string of the molecule is COCCn1nnc2c1CC(c1nc(-c3cc4cc(C)ccc4o3)no1)CC2. The van der Waals surface area contributed by atoms with Gasteiger partial charge in [0.05, 0.1) is 24.5 Å². The lowest BCUT2D eigenvalue weighted by atomic mass is 9.89. The molecule has 5 rings (SSSR count). The van der Waals surface area contributed by atoms with Gasteiger partial charge in [0.25, 0.3) is 0 Å². The van der Waals surface area contributed by atoms with E-state index in [1.165, 1.54) is 5.56 Å². The Bertz CT molecular complexity index is 1130. The molecule has 0 fully saturated rings. The van der Waals surface area contributed by atoms with E-state index in [2.05, 4.69) is 33.4 Å². The zero-order valence-corrected chi connectivity index (χ0v) is 15.9. The van der Waals surface area contributed by atoms with E-state index < -0.39 is 0 Å². The molecule has 144 valence electrons. The van der Waals surface area contributed by atoms with Crippen molar-refractivity contribution in [2.75, 3.05) is 13.7 Å². The highest BCUT2D eigenvalue weighted by atomic mass is 16.5. The van der Waals surface area contributed by atoms with Gasteiger partial charge in [0, 0.05) is 24.8 Å². The first-order valence-electron chi connectivity index (χ1n) is 9.45. The number of nitrogens with zero attached hydrogens (tertiary/aromatic N) is 5. The van der Waals surface area contributed by atoms with Crippen LogP contribution in [0.4, 0.5) is 0 Å². The number of benzene rings is 1. The van der Waals surface area contributed by atoms with Gasteiger partial charge in [0.15, 0.2) is 5.76 Å². The molecule has 1 aromatic carbocycles. The molecule has 0 saturated heterocycles. The molecular weight excluding hydrogens is 358 g/mol. The van der Waals surface area contributed by atoms with Gasteiger partial charge in [-0.25, -0.2) is 4.68 Å². The Hall–Kier alpha value is -3.00. The summed E-state index contributed by atoms with van der Waals surface area (Å²) in [4.78, 5) is 4.62. The molecule has 0 bridgehead atoms. The highest BCUT2D eigenvalue weighted by molar-refractivity contribution is 5.82. The van der Waals surface area contributed by atoms with Crippen LogP contribution in [0, 0.1) is 6.92 Å². The van der Waals surface area contributed by atoms with E-state index in [-0.39, 0.29) is 5.92 Å². The number of aryl methyl sites for hydroxylation is 2. The van der Waals surface area contributed by atoms with Gasteiger partial charge >= 0.3 is 0 Å². The number of furan rings is 1. The fourth-order valence-corrected chi connectivity index (χ4v) is 3.77. The van der Waals surface area contributed by atoms with Crippen LogP contribution >= 0.6 is 0 Å². The van der Waals surface area contributed by atoms with Crippen LogP contribution in [-0.4, -0.2) is 38.9 Å². The second-order valence-electron chi connectivity index (χ2n) is 7.25. The van der Waals surface area contributed by atoms with Crippen molar-refractivity contribution in [1.82, 2.24) is 25.1 Å². The maximum Gasteiger partial charge on any atom is 0.238 e. The molecule has 8 nitrogen and oxygen atoms in total. The third kappa shape index (κ3) is 2.99. The fraction of sp³-hybridized carbons (Fsp3) is 0.400. The van der Waals surface area contributed by atoms with Gasteiger partial charge in [-0.15, -0.1) is 5.10 Å². The lowest BCUT2D eigenvalue weighted by Gasteiger charge is -2.18. The average molecular weight is 379 g/mol. The average Bonchev–Trinajstić information content (AvgIpc) is 3.43. The number of hydrogen-bond acceptors (Lipinski definition) is 7. The van der Waals surface area contributed by atoms with E-state index in [0.717, 1.165) is 41.6 Å². The lowest BCUT2D eigenvalue weighted by molar-refractivity contribution is 0.181. The third-order valence-corrected chi connectivity index (χ3v) is 5.28. The summed E-state index contributed by atoms with van der Waals surface area (Å²) in [5.41, 5.74) is 4.19. The standard InChI is InChI=1S/C20H21N5O3/c1-12-3-6-17-14(9-12)11-18(27-17)19-21-20(28-23-19)13-4-5-15-16(10-13)25(24-22-15)7-8-26-2/h3,6,9,11,13H,4-5,7-8,10H2,1-2H3. The van der Waals surface area contributed by atoms with E-state index in [9.17, 15) is 0 Å². The molecule has 8 heteroatoms. The number of methoxy groups -OCH3 is 1. The molecule has 1 aliphatic rings. The van der Waals surface area contributed by atoms with Crippen LogP contribution in [0.5, 0.6) is 0 Å². The lowest BCUT2D eigenvalue weighted by Crippen LogP contribution is -2.18. The molecule has 0 amide bonds. The van der Waals surface area contributed by atoms with Gasteiger partial charge in [-0.3, -0.25) is 0 Å². The summed E-state index contributed by atoms with van der Waals surface area (Å²) in [5.74, 6) is 1.90. The zero-order valence-electron chi connectivity index (χ0n) is 15.9. The van der Waals surface area contributed by atoms with Crippen LogP contribution in [0.1, 0.15) is 35.2 Å². The summed E-state index contributed by atoms with van der Waals surface area (Å²) in [6.45, 7) is 3.36. The van der Waals surface area contributed by atoms with Gasteiger partial charge in [-0.05, 0) is 38.0 Å². The van der Waals surface area contributed by atoms with E-state index in [4.69, 9.17) is 13.7 Å². The maximum atomic E-state index is 5.89. The third-order valence-electron chi connectivity index (χ3n) is 5.28. The Labute approximate surface area is 161 Å². The Balaban J connectivity index is 1.39. The summed E-state index contributed by atoms with van der Waals surface area (Å²) in [6.07, 6.45) is 2.55. The fourth-order valence-electron chi connectivity index (χ4n) is 3.77. The van der Waals surface area contributed by atoms with Crippen molar-refractivity contribution in [3.63, 3.8) is 0 Å². The highest BCUT2D eigenvalue weighted by Crippen LogP contribution is 2.33. The molecule has 1 unspecified atom stereocenters. The molecule has 0 N–H and O–H groups in total. The minimum atomic E-state index is 0.153. The highest BCUT2D eigenvalue weighted by Gasteiger charge is 2.29. The predicted molar refractivity (Wildman–Crippen MR) is 101 cm³/mol. The Morgan fingerprint density at radius 1 is 1.29 bits per heavy atom. The minimum absolute atomic E-state index is 0.153. The van der Waals surface area contributed by atoms with Crippen LogP contribution in [0.3, 0.4) is 0 Å². The first kappa shape index (κ1) is 17.1. The minimum Gasteiger partial charge on any atom is -0.453 e. The molecular formula is C20H21N5O3. The number of aromatic nitrogens is 5. The Kier molecular flexibility index (Phi) is 4.20. The van der Waals surface area contributed by atoms with Crippen LogP contribution in [0.25, 0.3) is 22.6 Å². The number of hydrogen-bond donors (Lipinski definition) is 0. The Morgan fingerprint density at radius 3 is 3.11 bits per heavy atom. The van der Waals surface area contributed by atoms with Crippen molar-refractivity contribution < 1.29 is 13.7 Å². The van der Waals surface area contributed by atoms with Gasteiger partial charge in [-0.1, -0.05) is 22.0 Å². The second kappa shape index (κ2) is 6.87. The van der Waals surface area contributed by atoms with Crippen molar-refractivity contribution >= 4 is 11.0 Å². The molecule has 3 aromatic heterocycles. The predicted octanol–water partition coefficient (Wildman–Crippen LogP) is 3.30. The van der Waals surface area contributed by atoms with E-state index in [0.29, 0.717) is 30.6 Å². The summed E-state index contributed by atoms with van der Waals surface area (Å²) in [6, 6.07) is 8.03. The number of fused-ring (bicyclic) bond motifs is 2. The molecule has 1 aliphatic carbocycles. The summed E-state index contributed by atoms with van der Waals surface area (Å²) in [7, 11) is 1.69. The first-order chi connectivity index (χ1) is 13.7. The molecule has 3 heterocycles. The second-order valence-corrected chi connectivity index (χ2v) is 7.25.